The molecule has 0 spiro atoms. The summed E-state index contributed by atoms with van der Waals surface area (Å²) in [4.78, 5) is 30.2. The molecule has 0 saturated carbocycles. The van der Waals surface area contributed by atoms with Crippen LogP contribution >= 0.6 is 0 Å². The van der Waals surface area contributed by atoms with Gasteiger partial charge in [0.15, 0.2) is 5.78 Å². The van der Waals surface area contributed by atoms with Gasteiger partial charge in [0.05, 0.1) is 11.9 Å². The lowest BCUT2D eigenvalue weighted by molar-refractivity contribution is 0.101. The Kier molecular flexibility index (Phi) is 5.12. The van der Waals surface area contributed by atoms with E-state index < -0.39 is 0 Å². The topological polar surface area (TPSA) is 62.3 Å². The van der Waals surface area contributed by atoms with Gasteiger partial charge in [-0.05, 0) is 62.1 Å². The molecule has 1 saturated heterocycles. The van der Waals surface area contributed by atoms with Crippen LogP contribution in [0.2, 0.25) is 0 Å². The number of anilines is 2. The number of benzene rings is 1. The fourth-order valence-corrected chi connectivity index (χ4v) is 3.11. The molecule has 0 aliphatic carbocycles. The van der Waals surface area contributed by atoms with Crippen molar-refractivity contribution < 1.29 is 9.59 Å². The molecule has 5 heteroatoms. The summed E-state index contributed by atoms with van der Waals surface area (Å²) in [6.07, 6.45) is 4.23. The Morgan fingerprint density at radius 3 is 2.52 bits per heavy atom. The molecule has 2 heterocycles. The highest BCUT2D eigenvalue weighted by atomic mass is 16.2. The molecule has 1 unspecified atom stereocenters. The zero-order valence-electron chi connectivity index (χ0n) is 14.7. The highest BCUT2D eigenvalue weighted by Crippen LogP contribution is 2.22. The van der Waals surface area contributed by atoms with Gasteiger partial charge in [0, 0.05) is 24.3 Å². The minimum Gasteiger partial charge on any atom is -0.370 e. The highest BCUT2D eigenvalue weighted by Gasteiger charge is 2.17. The van der Waals surface area contributed by atoms with E-state index in [9.17, 15) is 9.59 Å². The maximum Gasteiger partial charge on any atom is 0.274 e. The Morgan fingerprint density at radius 2 is 1.92 bits per heavy atom. The normalized spacial score (nSPS) is 17.2. The van der Waals surface area contributed by atoms with Gasteiger partial charge in [-0.3, -0.25) is 9.59 Å². The van der Waals surface area contributed by atoms with Crippen molar-refractivity contribution in [3.05, 3.63) is 53.9 Å². The van der Waals surface area contributed by atoms with Crippen LogP contribution < -0.4 is 10.2 Å². The summed E-state index contributed by atoms with van der Waals surface area (Å²) in [5.74, 6) is 0.436. The quantitative estimate of drug-likeness (QED) is 0.863. The van der Waals surface area contributed by atoms with Crippen molar-refractivity contribution in [3.8, 4) is 0 Å². The summed E-state index contributed by atoms with van der Waals surface area (Å²) >= 11 is 0. The largest absolute Gasteiger partial charge is 0.370 e. The standard InChI is InChI=1S/C20H23N3O2/c1-14-4-3-11-23(13-14)18-9-10-19(21-12-18)20(25)22-17-7-5-16(6-8-17)15(2)24/h5-10,12,14H,3-4,11,13H2,1-2H3,(H,22,25). The number of hydrogen-bond acceptors (Lipinski definition) is 4. The third-order valence-electron chi connectivity index (χ3n) is 4.55. The Bertz CT molecular complexity index is 754. The number of rotatable bonds is 4. The fourth-order valence-electron chi connectivity index (χ4n) is 3.11. The second-order valence-electron chi connectivity index (χ2n) is 6.68. The van der Waals surface area contributed by atoms with E-state index in [0.29, 0.717) is 22.9 Å². The van der Waals surface area contributed by atoms with E-state index in [0.717, 1.165) is 18.8 Å². The van der Waals surface area contributed by atoms with Gasteiger partial charge < -0.3 is 10.2 Å². The molecule has 3 rings (SSSR count). The zero-order chi connectivity index (χ0) is 17.8. The van der Waals surface area contributed by atoms with Crippen LogP contribution in [-0.2, 0) is 0 Å². The van der Waals surface area contributed by atoms with E-state index >= 15 is 0 Å². The third kappa shape index (κ3) is 4.24. The summed E-state index contributed by atoms with van der Waals surface area (Å²) in [6.45, 7) is 5.86. The van der Waals surface area contributed by atoms with Crippen molar-refractivity contribution in [2.24, 2.45) is 5.92 Å². The van der Waals surface area contributed by atoms with E-state index in [-0.39, 0.29) is 11.7 Å². The molecule has 2 aromatic rings. The lowest BCUT2D eigenvalue weighted by atomic mass is 10.00. The first-order chi connectivity index (χ1) is 12.0. The van der Waals surface area contributed by atoms with E-state index in [1.807, 2.05) is 6.07 Å². The molecule has 1 fully saturated rings. The molecule has 1 aromatic carbocycles. The van der Waals surface area contributed by atoms with Crippen LogP contribution in [0.3, 0.4) is 0 Å². The molecule has 130 valence electrons. The minimum absolute atomic E-state index is 0.00200. The van der Waals surface area contributed by atoms with Crippen LogP contribution in [0.15, 0.2) is 42.6 Å². The summed E-state index contributed by atoms with van der Waals surface area (Å²) in [7, 11) is 0. The second-order valence-corrected chi connectivity index (χ2v) is 6.68. The monoisotopic (exact) mass is 337 g/mol. The maximum atomic E-state index is 12.3. The van der Waals surface area contributed by atoms with Crippen molar-refractivity contribution in [2.45, 2.75) is 26.7 Å². The van der Waals surface area contributed by atoms with Crippen molar-refractivity contribution in [3.63, 3.8) is 0 Å². The molecular weight excluding hydrogens is 314 g/mol. The fraction of sp³-hybridized carbons (Fsp3) is 0.350. The van der Waals surface area contributed by atoms with E-state index in [4.69, 9.17) is 0 Å². The number of ketones is 1. The average Bonchev–Trinajstić information content (AvgIpc) is 2.62. The van der Waals surface area contributed by atoms with Gasteiger partial charge >= 0.3 is 0 Å². The van der Waals surface area contributed by atoms with Crippen LogP contribution in [0.5, 0.6) is 0 Å². The van der Waals surface area contributed by atoms with Crippen LogP contribution in [-0.4, -0.2) is 29.8 Å². The molecule has 1 atom stereocenters. The molecule has 1 aliphatic heterocycles. The van der Waals surface area contributed by atoms with Gasteiger partial charge in [-0.25, -0.2) is 4.98 Å². The van der Waals surface area contributed by atoms with Crippen molar-refractivity contribution in [1.82, 2.24) is 4.98 Å². The second kappa shape index (κ2) is 7.47. The number of hydrogen-bond donors (Lipinski definition) is 1. The van der Waals surface area contributed by atoms with Gasteiger partial charge in [-0.15, -0.1) is 0 Å². The molecule has 0 bridgehead atoms. The molecule has 25 heavy (non-hydrogen) atoms. The Labute approximate surface area is 148 Å². The van der Waals surface area contributed by atoms with Crippen LogP contribution in [0.4, 0.5) is 11.4 Å². The van der Waals surface area contributed by atoms with Crippen LogP contribution in [0.1, 0.15) is 47.5 Å². The van der Waals surface area contributed by atoms with Crippen molar-refractivity contribution >= 4 is 23.1 Å². The third-order valence-corrected chi connectivity index (χ3v) is 4.55. The Morgan fingerprint density at radius 1 is 1.16 bits per heavy atom. The highest BCUT2D eigenvalue weighted by molar-refractivity contribution is 6.03. The van der Waals surface area contributed by atoms with Crippen LogP contribution in [0, 0.1) is 5.92 Å². The van der Waals surface area contributed by atoms with Crippen LogP contribution in [0.25, 0.3) is 0 Å². The molecular formula is C20H23N3O2. The number of nitrogens with zero attached hydrogens (tertiary/aromatic N) is 2. The van der Waals surface area contributed by atoms with Gasteiger partial charge in [0.1, 0.15) is 5.69 Å². The average molecular weight is 337 g/mol. The maximum absolute atomic E-state index is 12.3. The number of carbonyl (C=O) groups excluding carboxylic acids is 2. The summed E-state index contributed by atoms with van der Waals surface area (Å²) in [6, 6.07) is 10.6. The lowest BCUT2D eigenvalue weighted by Crippen LogP contribution is -2.34. The zero-order valence-corrected chi connectivity index (χ0v) is 14.7. The summed E-state index contributed by atoms with van der Waals surface area (Å²) in [5, 5.41) is 2.80. The van der Waals surface area contributed by atoms with Gasteiger partial charge in [0.25, 0.3) is 5.91 Å². The first kappa shape index (κ1) is 17.1. The summed E-state index contributed by atoms with van der Waals surface area (Å²) < 4.78 is 0. The molecule has 1 aromatic heterocycles. The molecule has 1 amide bonds. The number of amides is 1. The number of pyridine rings is 1. The van der Waals surface area contributed by atoms with E-state index in [1.54, 1.807) is 36.5 Å². The van der Waals surface area contributed by atoms with Crippen molar-refractivity contribution in [2.75, 3.05) is 23.3 Å². The first-order valence-electron chi connectivity index (χ1n) is 8.66. The van der Waals surface area contributed by atoms with Gasteiger partial charge in [-0.2, -0.15) is 0 Å². The smallest absolute Gasteiger partial charge is 0.274 e. The Hall–Kier alpha value is -2.69. The molecule has 5 nitrogen and oxygen atoms in total. The van der Waals surface area contributed by atoms with Crippen molar-refractivity contribution in [1.29, 1.82) is 0 Å². The SMILES string of the molecule is CC(=O)c1ccc(NC(=O)c2ccc(N3CCCC(C)C3)cn2)cc1. The number of piperidine rings is 1. The summed E-state index contributed by atoms with van der Waals surface area (Å²) in [5.41, 5.74) is 2.71. The lowest BCUT2D eigenvalue weighted by Gasteiger charge is -2.32. The molecule has 1 N–H and O–H groups in total. The van der Waals surface area contributed by atoms with Gasteiger partial charge in [-0.1, -0.05) is 6.92 Å². The molecule has 1 aliphatic rings. The predicted molar refractivity (Wildman–Crippen MR) is 99.2 cm³/mol. The Balaban J connectivity index is 1.65. The number of carbonyl (C=O) groups is 2. The number of nitrogens with one attached hydrogen (secondary N) is 1. The van der Waals surface area contributed by atoms with Gasteiger partial charge in [0.2, 0.25) is 0 Å². The predicted octanol–water partition coefficient (Wildman–Crippen LogP) is 3.77. The minimum atomic E-state index is -0.255. The number of aromatic nitrogens is 1. The van der Waals surface area contributed by atoms with E-state index in [1.165, 1.54) is 19.8 Å². The molecule has 0 radical (unpaired) electrons. The first-order valence-corrected chi connectivity index (χ1v) is 8.66. The van der Waals surface area contributed by atoms with E-state index in [2.05, 4.69) is 22.1 Å². The number of Topliss-reactive ketones (excluding diaryl/α,β-unsaturated/α-hetero) is 1.